The van der Waals surface area contributed by atoms with E-state index in [2.05, 4.69) is 13.8 Å². The largest absolute Gasteiger partial charge is 0.248 e. The molecule has 0 aromatic carbocycles. The van der Waals surface area contributed by atoms with Crippen LogP contribution in [0.5, 0.6) is 0 Å². The predicted octanol–water partition coefficient (Wildman–Crippen LogP) is 2.78. The van der Waals surface area contributed by atoms with Gasteiger partial charge in [-0.1, -0.05) is 13.8 Å². The normalized spacial score (nSPS) is 14.6. The Morgan fingerprint density at radius 2 is 1.62 bits per heavy atom. The summed E-state index contributed by atoms with van der Waals surface area (Å²) in [7, 11) is 0. The van der Waals surface area contributed by atoms with Crippen molar-refractivity contribution in [1.82, 2.24) is 0 Å². The van der Waals surface area contributed by atoms with Gasteiger partial charge < -0.3 is 0 Å². The molecular formula is C7H15F. The summed E-state index contributed by atoms with van der Waals surface area (Å²) in [5.41, 5.74) is 0. The molecular weight excluding hydrogens is 103 g/mol. The summed E-state index contributed by atoms with van der Waals surface area (Å²) in [5.74, 6) is 0.646. The maximum absolute atomic E-state index is 12.1. The van der Waals surface area contributed by atoms with Crippen LogP contribution < -0.4 is 0 Å². The van der Waals surface area contributed by atoms with E-state index in [1.54, 1.807) is 6.92 Å². The van der Waals surface area contributed by atoms with Crippen LogP contribution in [0.25, 0.3) is 0 Å². The van der Waals surface area contributed by atoms with Crippen molar-refractivity contribution in [3.8, 4) is 0 Å². The number of alkyl halides is 1. The Labute approximate surface area is 51.1 Å². The maximum atomic E-state index is 12.1. The Kier molecular flexibility index (Phi) is 3.84. The minimum Gasteiger partial charge on any atom is -0.248 e. The van der Waals surface area contributed by atoms with Gasteiger partial charge in [0.2, 0.25) is 0 Å². The van der Waals surface area contributed by atoms with Crippen LogP contribution in [0.15, 0.2) is 0 Å². The monoisotopic (exact) mass is 118 g/mol. The van der Waals surface area contributed by atoms with E-state index in [1.807, 2.05) is 0 Å². The van der Waals surface area contributed by atoms with Crippen molar-refractivity contribution in [2.75, 3.05) is 0 Å². The van der Waals surface area contributed by atoms with E-state index in [0.717, 1.165) is 12.8 Å². The number of hydrogen-bond acceptors (Lipinski definition) is 0. The Morgan fingerprint density at radius 3 is 1.75 bits per heavy atom. The van der Waals surface area contributed by atoms with Gasteiger partial charge in [0.15, 0.2) is 0 Å². The maximum Gasteiger partial charge on any atom is 0.0973 e. The van der Waals surface area contributed by atoms with Gasteiger partial charge in [0, 0.05) is 0 Å². The van der Waals surface area contributed by atoms with Crippen molar-refractivity contribution in [2.45, 2.75) is 39.8 Å². The Balaban J connectivity index is 2.93. The molecule has 0 aliphatic rings. The molecule has 0 amide bonds. The summed E-state index contributed by atoms with van der Waals surface area (Å²) in [5, 5.41) is 0. The van der Waals surface area contributed by atoms with E-state index in [1.165, 1.54) is 0 Å². The Hall–Kier alpha value is -0.0700. The summed E-state index contributed by atoms with van der Waals surface area (Å²) in [4.78, 5) is 0. The van der Waals surface area contributed by atoms with Gasteiger partial charge in [-0.2, -0.15) is 0 Å². The molecule has 0 rings (SSSR count). The van der Waals surface area contributed by atoms with Gasteiger partial charge in [0.1, 0.15) is 0 Å². The van der Waals surface area contributed by atoms with Crippen molar-refractivity contribution in [3.63, 3.8) is 0 Å². The molecule has 0 aromatic rings. The lowest BCUT2D eigenvalue weighted by molar-refractivity contribution is 0.318. The summed E-state index contributed by atoms with van der Waals surface area (Å²) >= 11 is 0. The standard InChI is InChI=1S/C7H15F/c1-6(2)4-5-7(3)8/h6-7H,4-5H2,1-3H3/t7-/m0/s1. The van der Waals surface area contributed by atoms with E-state index in [0.29, 0.717) is 5.92 Å². The molecule has 0 saturated heterocycles. The molecule has 0 unspecified atom stereocenters. The second-order valence-corrected chi connectivity index (χ2v) is 2.75. The lowest BCUT2D eigenvalue weighted by Gasteiger charge is -2.03. The molecule has 0 bridgehead atoms. The van der Waals surface area contributed by atoms with E-state index in [-0.39, 0.29) is 0 Å². The fourth-order valence-corrected chi connectivity index (χ4v) is 0.563. The van der Waals surface area contributed by atoms with E-state index >= 15 is 0 Å². The first-order chi connectivity index (χ1) is 3.63. The highest BCUT2D eigenvalue weighted by Gasteiger charge is 1.98. The first kappa shape index (κ1) is 7.93. The van der Waals surface area contributed by atoms with Crippen LogP contribution in [0.4, 0.5) is 4.39 Å². The van der Waals surface area contributed by atoms with Crippen LogP contribution in [0.2, 0.25) is 0 Å². The number of rotatable bonds is 3. The quantitative estimate of drug-likeness (QED) is 0.534. The molecule has 1 atom stereocenters. The molecule has 1 heteroatoms. The van der Waals surface area contributed by atoms with Crippen LogP contribution in [0, 0.1) is 5.92 Å². The zero-order valence-corrected chi connectivity index (χ0v) is 5.95. The summed E-state index contributed by atoms with van der Waals surface area (Å²) in [6.45, 7) is 5.84. The molecule has 0 N–H and O–H groups in total. The van der Waals surface area contributed by atoms with Crippen molar-refractivity contribution in [2.24, 2.45) is 5.92 Å². The van der Waals surface area contributed by atoms with Crippen molar-refractivity contribution < 1.29 is 4.39 Å². The van der Waals surface area contributed by atoms with Crippen molar-refractivity contribution in [1.29, 1.82) is 0 Å². The Bertz CT molecular complexity index is 40.3. The van der Waals surface area contributed by atoms with Gasteiger partial charge in [-0.3, -0.25) is 0 Å². The summed E-state index contributed by atoms with van der Waals surface area (Å²) < 4.78 is 12.1. The highest BCUT2D eigenvalue weighted by atomic mass is 19.1. The molecule has 0 heterocycles. The van der Waals surface area contributed by atoms with Gasteiger partial charge in [-0.25, -0.2) is 4.39 Å². The van der Waals surface area contributed by atoms with Gasteiger partial charge in [-0.15, -0.1) is 0 Å². The molecule has 0 saturated carbocycles. The third-order valence-corrected chi connectivity index (χ3v) is 1.14. The average Bonchev–Trinajstić information content (AvgIpc) is 1.61. The van der Waals surface area contributed by atoms with Gasteiger partial charge in [0.05, 0.1) is 6.17 Å². The zero-order valence-electron chi connectivity index (χ0n) is 5.95. The van der Waals surface area contributed by atoms with Gasteiger partial charge in [0.25, 0.3) is 0 Å². The van der Waals surface area contributed by atoms with Crippen LogP contribution >= 0.6 is 0 Å². The minimum atomic E-state index is -0.614. The fraction of sp³-hybridized carbons (Fsp3) is 1.00. The van der Waals surface area contributed by atoms with Crippen LogP contribution in [0.3, 0.4) is 0 Å². The number of hydrogen-bond donors (Lipinski definition) is 0. The van der Waals surface area contributed by atoms with Gasteiger partial charge in [-0.05, 0) is 25.7 Å². The smallest absolute Gasteiger partial charge is 0.0973 e. The average molecular weight is 118 g/mol. The number of halogens is 1. The van der Waals surface area contributed by atoms with E-state index in [4.69, 9.17) is 0 Å². The molecule has 50 valence electrons. The zero-order chi connectivity index (χ0) is 6.57. The molecule has 0 nitrogen and oxygen atoms in total. The highest BCUT2D eigenvalue weighted by Crippen LogP contribution is 2.07. The first-order valence-electron chi connectivity index (χ1n) is 3.27. The second-order valence-electron chi connectivity index (χ2n) is 2.75. The summed E-state index contributed by atoms with van der Waals surface area (Å²) in [6.07, 6.45) is 1.12. The second kappa shape index (κ2) is 3.88. The van der Waals surface area contributed by atoms with Gasteiger partial charge >= 0.3 is 0 Å². The minimum absolute atomic E-state index is 0.614. The lowest BCUT2D eigenvalue weighted by atomic mass is 10.1. The SMILES string of the molecule is CC(C)CC[C@H](C)F. The van der Waals surface area contributed by atoms with Crippen molar-refractivity contribution in [3.05, 3.63) is 0 Å². The van der Waals surface area contributed by atoms with E-state index in [9.17, 15) is 4.39 Å². The van der Waals surface area contributed by atoms with Crippen LogP contribution in [-0.2, 0) is 0 Å². The molecule has 8 heavy (non-hydrogen) atoms. The third-order valence-electron chi connectivity index (χ3n) is 1.14. The highest BCUT2D eigenvalue weighted by molar-refractivity contribution is 4.50. The molecule has 0 radical (unpaired) electrons. The van der Waals surface area contributed by atoms with Crippen molar-refractivity contribution >= 4 is 0 Å². The molecule has 0 fully saturated rings. The lowest BCUT2D eigenvalue weighted by Crippen LogP contribution is -1.95. The molecule has 0 spiro atoms. The molecule has 0 aliphatic carbocycles. The van der Waals surface area contributed by atoms with E-state index < -0.39 is 6.17 Å². The third kappa shape index (κ3) is 5.93. The first-order valence-corrected chi connectivity index (χ1v) is 3.27. The van der Waals surface area contributed by atoms with Crippen LogP contribution in [-0.4, -0.2) is 6.17 Å². The van der Waals surface area contributed by atoms with Crippen LogP contribution in [0.1, 0.15) is 33.6 Å². The molecule has 0 aromatic heterocycles. The predicted molar refractivity (Wildman–Crippen MR) is 34.6 cm³/mol. The molecule has 0 aliphatic heterocycles. The Morgan fingerprint density at radius 1 is 1.12 bits per heavy atom. The summed E-state index contributed by atoms with van der Waals surface area (Å²) in [6, 6.07) is 0. The topological polar surface area (TPSA) is 0 Å². The fourth-order valence-electron chi connectivity index (χ4n) is 0.563.